The zero-order chi connectivity index (χ0) is 22.8. The number of aromatic nitrogens is 2. The highest BCUT2D eigenvalue weighted by atomic mass is 35.5. The molecule has 0 bridgehead atoms. The van der Waals surface area contributed by atoms with E-state index in [9.17, 15) is 18.0 Å². The molecular weight excluding hydrogens is 454 g/mol. The molecule has 2 aliphatic rings. The molecule has 2 fully saturated rings. The Balaban J connectivity index is 1.28. The lowest BCUT2D eigenvalue weighted by Crippen LogP contribution is -2.36. The summed E-state index contributed by atoms with van der Waals surface area (Å²) in [7, 11) is -3.46. The maximum Gasteiger partial charge on any atom is 0.328 e. The van der Waals surface area contributed by atoms with E-state index in [1.807, 2.05) is 12.1 Å². The van der Waals surface area contributed by atoms with Crippen molar-refractivity contribution in [3.8, 4) is 5.75 Å². The van der Waals surface area contributed by atoms with Gasteiger partial charge in [-0.15, -0.1) is 0 Å². The fourth-order valence-corrected chi connectivity index (χ4v) is 5.47. The van der Waals surface area contributed by atoms with Crippen LogP contribution in [-0.2, 0) is 22.1 Å². The molecular formula is C22H28ClN3O5S. The number of unbranched alkanes of at least 4 members (excludes halogenated alkanes) is 2. The van der Waals surface area contributed by atoms with Gasteiger partial charge >= 0.3 is 5.69 Å². The van der Waals surface area contributed by atoms with Gasteiger partial charge in [-0.05, 0) is 62.1 Å². The Bertz CT molecular complexity index is 1180. The topological polar surface area (TPSA) is 110 Å². The van der Waals surface area contributed by atoms with Crippen LogP contribution in [0.15, 0.2) is 40.1 Å². The molecule has 2 aliphatic carbocycles. The summed E-state index contributed by atoms with van der Waals surface area (Å²) in [6, 6.07) is 6.79. The first-order chi connectivity index (χ1) is 15.3. The fraction of sp³-hybridized carbons (Fsp3) is 0.545. The summed E-state index contributed by atoms with van der Waals surface area (Å²) in [6.07, 6.45) is 7.08. The Morgan fingerprint density at radius 1 is 1.16 bits per heavy atom. The van der Waals surface area contributed by atoms with Crippen molar-refractivity contribution in [3.05, 3.63) is 61.9 Å². The molecule has 4 rings (SSSR count). The van der Waals surface area contributed by atoms with Gasteiger partial charge in [0.05, 0.1) is 22.9 Å². The largest absolute Gasteiger partial charge is 0.492 e. The maximum atomic E-state index is 12.7. The molecule has 0 radical (unpaired) electrons. The van der Waals surface area contributed by atoms with Gasteiger partial charge in [0.1, 0.15) is 5.75 Å². The summed E-state index contributed by atoms with van der Waals surface area (Å²) in [6.45, 7) is 1.08. The molecule has 2 saturated carbocycles. The molecule has 0 spiro atoms. The van der Waals surface area contributed by atoms with Crippen molar-refractivity contribution >= 4 is 21.6 Å². The molecule has 0 atom stereocenters. The molecule has 2 N–H and O–H groups in total. The Morgan fingerprint density at radius 2 is 1.94 bits per heavy atom. The van der Waals surface area contributed by atoms with Crippen LogP contribution in [0.25, 0.3) is 0 Å². The highest BCUT2D eigenvalue weighted by Crippen LogP contribution is 2.48. The van der Waals surface area contributed by atoms with E-state index in [1.165, 1.54) is 29.7 Å². The maximum absolute atomic E-state index is 12.7. The average Bonchev–Trinajstić information content (AvgIpc) is 3.65. The molecule has 1 aromatic heterocycles. The van der Waals surface area contributed by atoms with E-state index in [0.29, 0.717) is 49.1 Å². The molecule has 0 unspecified atom stereocenters. The van der Waals surface area contributed by atoms with E-state index in [1.54, 1.807) is 6.07 Å². The number of hydrogen-bond acceptors (Lipinski definition) is 5. The average molecular weight is 482 g/mol. The van der Waals surface area contributed by atoms with E-state index >= 15 is 0 Å². The standard InChI is InChI=1S/C22H28ClN3O5S/c23-18-7-6-17(14-19(18)31-15-16-4-5-16)22(9-10-22)25-32(29,30)13-3-1-2-11-26-12-8-20(27)24-21(26)28/h6-8,12,14,16,25H,1-5,9-11,13,15H2,(H,24,27,28). The third-order valence-electron chi connectivity index (χ3n) is 5.97. The summed E-state index contributed by atoms with van der Waals surface area (Å²) in [5.74, 6) is 1.23. The minimum atomic E-state index is -3.46. The summed E-state index contributed by atoms with van der Waals surface area (Å²) < 4.78 is 35.5. The number of H-pyrrole nitrogens is 1. The number of benzene rings is 1. The SMILES string of the molecule is O=c1ccn(CCCCCS(=O)(=O)NC2(c3ccc(Cl)c(OCC4CC4)c3)CC2)c(=O)[nH]1. The Kier molecular flexibility index (Phi) is 6.78. The molecule has 8 nitrogen and oxygen atoms in total. The normalized spacial score (nSPS) is 17.3. The number of aryl methyl sites for hydroxylation is 1. The summed E-state index contributed by atoms with van der Waals surface area (Å²) in [4.78, 5) is 25.0. The lowest BCUT2D eigenvalue weighted by atomic mass is 10.1. The number of nitrogens with zero attached hydrogens (tertiary/aromatic N) is 1. The van der Waals surface area contributed by atoms with Gasteiger partial charge < -0.3 is 9.30 Å². The number of aromatic amines is 1. The van der Waals surface area contributed by atoms with Crippen molar-refractivity contribution in [3.63, 3.8) is 0 Å². The van der Waals surface area contributed by atoms with E-state index < -0.39 is 26.8 Å². The number of sulfonamides is 1. The third-order valence-corrected chi connectivity index (χ3v) is 7.81. The van der Waals surface area contributed by atoms with Gasteiger partial charge in [-0.2, -0.15) is 0 Å². The van der Waals surface area contributed by atoms with Crippen LogP contribution in [0.3, 0.4) is 0 Å². The first-order valence-electron chi connectivity index (χ1n) is 11.0. The molecule has 0 saturated heterocycles. The van der Waals surface area contributed by atoms with Crippen LogP contribution >= 0.6 is 11.6 Å². The molecule has 1 aromatic carbocycles. The van der Waals surface area contributed by atoms with Gasteiger partial charge in [0, 0.05) is 18.8 Å². The quantitative estimate of drug-likeness (QED) is 0.453. The molecule has 2 aromatic rings. The smallest absolute Gasteiger partial charge is 0.328 e. The predicted molar refractivity (Wildman–Crippen MR) is 123 cm³/mol. The second-order valence-corrected chi connectivity index (χ2v) is 11.0. The van der Waals surface area contributed by atoms with Crippen molar-refractivity contribution in [1.29, 1.82) is 0 Å². The molecule has 10 heteroatoms. The van der Waals surface area contributed by atoms with Crippen LogP contribution in [0.5, 0.6) is 5.75 Å². The van der Waals surface area contributed by atoms with Gasteiger partial charge in [-0.25, -0.2) is 17.9 Å². The van der Waals surface area contributed by atoms with Crippen LogP contribution in [0.2, 0.25) is 5.02 Å². The van der Waals surface area contributed by atoms with Crippen LogP contribution in [0.4, 0.5) is 0 Å². The van der Waals surface area contributed by atoms with Crippen LogP contribution in [0, 0.1) is 5.92 Å². The second kappa shape index (κ2) is 9.41. The van der Waals surface area contributed by atoms with E-state index in [2.05, 4.69) is 9.71 Å². The summed E-state index contributed by atoms with van der Waals surface area (Å²) >= 11 is 6.26. The van der Waals surface area contributed by atoms with Crippen LogP contribution in [-0.4, -0.2) is 30.3 Å². The second-order valence-electron chi connectivity index (χ2n) is 8.77. The van der Waals surface area contributed by atoms with E-state index in [-0.39, 0.29) is 5.75 Å². The lowest BCUT2D eigenvalue weighted by Gasteiger charge is -2.19. The summed E-state index contributed by atoms with van der Waals surface area (Å²) in [5, 5.41) is 0.537. The van der Waals surface area contributed by atoms with E-state index in [4.69, 9.17) is 16.3 Å². The van der Waals surface area contributed by atoms with E-state index in [0.717, 1.165) is 18.4 Å². The Morgan fingerprint density at radius 3 is 2.62 bits per heavy atom. The van der Waals surface area contributed by atoms with Gasteiger partial charge in [0.15, 0.2) is 0 Å². The molecule has 32 heavy (non-hydrogen) atoms. The third kappa shape index (κ3) is 6.02. The first-order valence-corrected chi connectivity index (χ1v) is 13.0. The van der Waals surface area contributed by atoms with Crippen molar-refractivity contribution < 1.29 is 13.2 Å². The number of nitrogens with one attached hydrogen (secondary N) is 2. The Labute approximate surface area is 192 Å². The Hall–Kier alpha value is -2.10. The number of rotatable bonds is 12. The van der Waals surface area contributed by atoms with Gasteiger partial charge in [0.25, 0.3) is 5.56 Å². The van der Waals surface area contributed by atoms with Gasteiger partial charge in [0.2, 0.25) is 10.0 Å². The summed E-state index contributed by atoms with van der Waals surface area (Å²) in [5.41, 5.74) is -0.580. The zero-order valence-corrected chi connectivity index (χ0v) is 19.4. The van der Waals surface area contributed by atoms with Crippen LogP contribution in [0.1, 0.15) is 50.5 Å². The first kappa shape index (κ1) is 23.1. The van der Waals surface area contributed by atoms with Crippen molar-refractivity contribution in [2.75, 3.05) is 12.4 Å². The van der Waals surface area contributed by atoms with Gasteiger partial charge in [-0.1, -0.05) is 24.1 Å². The van der Waals surface area contributed by atoms with Crippen molar-refractivity contribution in [1.82, 2.24) is 14.3 Å². The highest BCUT2D eigenvalue weighted by Gasteiger charge is 2.47. The van der Waals surface area contributed by atoms with Crippen molar-refractivity contribution in [2.45, 2.75) is 57.0 Å². The zero-order valence-electron chi connectivity index (χ0n) is 17.8. The predicted octanol–water partition coefficient (Wildman–Crippen LogP) is 2.76. The van der Waals surface area contributed by atoms with Gasteiger partial charge in [-0.3, -0.25) is 9.78 Å². The number of ether oxygens (including phenoxy) is 1. The number of halogens is 1. The monoisotopic (exact) mass is 481 g/mol. The molecule has 0 amide bonds. The lowest BCUT2D eigenvalue weighted by molar-refractivity contribution is 0.299. The molecule has 174 valence electrons. The molecule has 1 heterocycles. The fourth-order valence-electron chi connectivity index (χ4n) is 3.70. The number of hydrogen-bond donors (Lipinski definition) is 2. The minimum absolute atomic E-state index is 0.0217. The highest BCUT2D eigenvalue weighted by molar-refractivity contribution is 7.89. The molecule has 0 aliphatic heterocycles. The van der Waals surface area contributed by atoms with Crippen molar-refractivity contribution in [2.24, 2.45) is 5.92 Å². The van der Waals surface area contributed by atoms with Crippen LogP contribution < -0.4 is 20.7 Å². The minimum Gasteiger partial charge on any atom is -0.492 e.